The topological polar surface area (TPSA) is 50.9 Å². The molecule has 0 radical (unpaired) electrons. The van der Waals surface area contributed by atoms with Crippen molar-refractivity contribution in [1.82, 2.24) is 4.98 Å². The molecule has 1 aliphatic carbocycles. The Kier molecular flexibility index (Phi) is 4.15. The number of aryl methyl sites for hydroxylation is 2. The number of nitrogens with two attached hydrogens (primary N) is 1. The Bertz CT molecular complexity index is 696. The van der Waals surface area contributed by atoms with E-state index in [9.17, 15) is 0 Å². The van der Waals surface area contributed by atoms with Crippen molar-refractivity contribution < 1.29 is 0 Å². The molecule has 0 fully saturated rings. The summed E-state index contributed by atoms with van der Waals surface area (Å²) in [7, 11) is 0. The van der Waals surface area contributed by atoms with E-state index >= 15 is 0 Å². The van der Waals surface area contributed by atoms with E-state index in [1.807, 2.05) is 12.1 Å². The number of thiocarbonyl (C=S) groups is 1. The maximum atomic E-state index is 6.00. The first-order valence-electron chi connectivity index (χ1n) is 6.89. The first kappa shape index (κ1) is 14.8. The van der Waals surface area contributed by atoms with Gasteiger partial charge in [0.05, 0.1) is 15.9 Å². The van der Waals surface area contributed by atoms with Crippen LogP contribution in [0, 0.1) is 0 Å². The molecule has 21 heavy (non-hydrogen) atoms. The lowest BCUT2D eigenvalue weighted by atomic mass is 10.1. The molecule has 2 heterocycles. The molecule has 0 amide bonds. The number of halogens is 1. The van der Waals surface area contributed by atoms with Crippen LogP contribution in [-0.4, -0.2) is 9.97 Å². The van der Waals surface area contributed by atoms with Crippen LogP contribution in [0.25, 0.3) is 0 Å². The molecule has 2 aromatic heterocycles. The molecule has 0 aromatic carbocycles. The number of pyridine rings is 1. The van der Waals surface area contributed by atoms with Crippen LogP contribution in [0.2, 0.25) is 4.34 Å². The van der Waals surface area contributed by atoms with Gasteiger partial charge in [-0.3, -0.25) is 0 Å². The van der Waals surface area contributed by atoms with Crippen molar-refractivity contribution in [2.45, 2.75) is 32.2 Å². The van der Waals surface area contributed by atoms with Crippen LogP contribution in [-0.2, 0) is 12.8 Å². The molecule has 0 aliphatic heterocycles. The lowest BCUT2D eigenvalue weighted by molar-refractivity contribution is 0.880. The predicted molar refractivity (Wildman–Crippen MR) is 93.5 cm³/mol. The summed E-state index contributed by atoms with van der Waals surface area (Å²) >= 11 is 12.7. The second-order valence-corrected chi connectivity index (χ2v) is 7.40. The smallest absolute Gasteiger partial charge is 0.137 e. The Hall–Kier alpha value is -1.17. The van der Waals surface area contributed by atoms with Crippen LogP contribution in [0.3, 0.4) is 0 Å². The molecule has 3 N–H and O–H groups in total. The van der Waals surface area contributed by atoms with Crippen molar-refractivity contribution in [3.8, 4) is 0 Å². The maximum absolute atomic E-state index is 6.00. The van der Waals surface area contributed by atoms with Crippen molar-refractivity contribution in [2.24, 2.45) is 5.73 Å². The molecular formula is C15H16ClN3S2. The van der Waals surface area contributed by atoms with E-state index in [0.717, 1.165) is 45.6 Å². The summed E-state index contributed by atoms with van der Waals surface area (Å²) in [6.45, 7) is 2.08. The maximum Gasteiger partial charge on any atom is 0.137 e. The molecule has 0 saturated heterocycles. The molecule has 0 spiro atoms. The fourth-order valence-electron chi connectivity index (χ4n) is 2.61. The van der Waals surface area contributed by atoms with Crippen LogP contribution in [0.15, 0.2) is 18.2 Å². The first-order chi connectivity index (χ1) is 10.0. The number of thiophene rings is 1. The number of hydrogen-bond acceptors (Lipinski definition) is 4. The van der Waals surface area contributed by atoms with E-state index in [1.54, 1.807) is 11.3 Å². The molecule has 6 heteroatoms. The molecular weight excluding hydrogens is 322 g/mol. The fraction of sp³-hybridized carbons (Fsp3) is 0.333. The molecule has 3 nitrogen and oxygen atoms in total. The van der Waals surface area contributed by atoms with Crippen molar-refractivity contribution in [1.29, 1.82) is 0 Å². The number of aromatic nitrogens is 1. The monoisotopic (exact) mass is 337 g/mol. The Morgan fingerprint density at radius 3 is 2.95 bits per heavy atom. The first-order valence-corrected chi connectivity index (χ1v) is 8.49. The Labute approximate surface area is 138 Å². The van der Waals surface area contributed by atoms with Gasteiger partial charge in [0, 0.05) is 10.6 Å². The minimum atomic E-state index is 0.113. The quantitative estimate of drug-likeness (QED) is 0.825. The zero-order valence-corrected chi connectivity index (χ0v) is 14.0. The molecule has 0 bridgehead atoms. The van der Waals surface area contributed by atoms with E-state index in [2.05, 4.69) is 18.3 Å². The third kappa shape index (κ3) is 3.05. The minimum absolute atomic E-state index is 0.113. The van der Waals surface area contributed by atoms with Gasteiger partial charge in [0.2, 0.25) is 0 Å². The number of rotatable bonds is 4. The second kappa shape index (κ2) is 5.91. The zero-order chi connectivity index (χ0) is 15.0. The summed E-state index contributed by atoms with van der Waals surface area (Å²) in [6.07, 6.45) is 3.24. The number of anilines is 1. The summed E-state index contributed by atoms with van der Waals surface area (Å²) in [5.41, 5.74) is 9.13. The average Bonchev–Trinajstić information content (AvgIpc) is 3.05. The van der Waals surface area contributed by atoms with Gasteiger partial charge in [-0.1, -0.05) is 23.8 Å². The van der Waals surface area contributed by atoms with Gasteiger partial charge in [0.1, 0.15) is 10.8 Å². The van der Waals surface area contributed by atoms with Crippen LogP contribution in [0.5, 0.6) is 0 Å². The summed E-state index contributed by atoms with van der Waals surface area (Å²) in [5, 5.41) is 3.42. The molecule has 1 atom stereocenters. The van der Waals surface area contributed by atoms with Gasteiger partial charge in [-0.25, -0.2) is 4.98 Å². The van der Waals surface area contributed by atoms with Crippen LogP contribution >= 0.6 is 35.2 Å². The van der Waals surface area contributed by atoms with Gasteiger partial charge in [0.25, 0.3) is 0 Å². The van der Waals surface area contributed by atoms with E-state index in [0.29, 0.717) is 4.99 Å². The van der Waals surface area contributed by atoms with E-state index in [-0.39, 0.29) is 6.04 Å². The van der Waals surface area contributed by atoms with Gasteiger partial charge in [0.15, 0.2) is 0 Å². The average molecular weight is 338 g/mol. The molecule has 110 valence electrons. The van der Waals surface area contributed by atoms with Gasteiger partial charge in [-0.15, -0.1) is 11.3 Å². The van der Waals surface area contributed by atoms with Crippen LogP contribution < -0.4 is 11.1 Å². The Balaban J connectivity index is 1.92. The predicted octanol–water partition coefficient (Wildman–Crippen LogP) is 4.09. The highest BCUT2D eigenvalue weighted by Gasteiger charge is 2.19. The Morgan fingerprint density at radius 1 is 1.48 bits per heavy atom. The highest BCUT2D eigenvalue weighted by molar-refractivity contribution is 7.80. The zero-order valence-electron chi connectivity index (χ0n) is 11.6. The van der Waals surface area contributed by atoms with Gasteiger partial charge >= 0.3 is 0 Å². The number of nitrogens with zero attached hydrogens (tertiary/aromatic N) is 1. The molecule has 0 saturated carbocycles. The highest BCUT2D eigenvalue weighted by Crippen LogP contribution is 2.31. The van der Waals surface area contributed by atoms with E-state index < -0.39 is 0 Å². The lowest BCUT2D eigenvalue weighted by Crippen LogP contribution is -2.17. The van der Waals surface area contributed by atoms with E-state index in [1.165, 1.54) is 5.56 Å². The molecule has 1 unspecified atom stereocenters. The highest BCUT2D eigenvalue weighted by atomic mass is 35.5. The summed E-state index contributed by atoms with van der Waals surface area (Å²) in [5.74, 6) is 0.778. The molecule has 3 rings (SSSR count). The fourth-order valence-corrected chi connectivity index (χ4v) is 3.83. The Morgan fingerprint density at radius 2 is 2.29 bits per heavy atom. The lowest BCUT2D eigenvalue weighted by Gasteiger charge is -2.17. The van der Waals surface area contributed by atoms with Crippen molar-refractivity contribution in [3.63, 3.8) is 0 Å². The third-order valence-corrected chi connectivity index (χ3v) is 5.32. The third-order valence-electron chi connectivity index (χ3n) is 3.69. The summed E-state index contributed by atoms with van der Waals surface area (Å²) in [6, 6.07) is 6.14. The summed E-state index contributed by atoms with van der Waals surface area (Å²) < 4.78 is 0.787. The van der Waals surface area contributed by atoms with Gasteiger partial charge in [-0.2, -0.15) is 0 Å². The van der Waals surface area contributed by atoms with Crippen molar-refractivity contribution in [2.75, 3.05) is 5.32 Å². The van der Waals surface area contributed by atoms with Crippen LogP contribution in [0.1, 0.15) is 41.1 Å². The van der Waals surface area contributed by atoms with Gasteiger partial charge in [-0.05, 0) is 49.9 Å². The van der Waals surface area contributed by atoms with Crippen molar-refractivity contribution >= 4 is 46.0 Å². The van der Waals surface area contributed by atoms with Gasteiger partial charge < -0.3 is 11.1 Å². The largest absolute Gasteiger partial charge is 0.389 e. The standard InChI is InChI=1S/C15H16ClN3S2/c1-8(12-5-6-13(16)21-12)18-15-10(14(17)20)7-9-3-2-4-11(9)19-15/h5-8H,2-4H2,1H3,(H2,17,20)(H,18,19). The number of nitrogens with one attached hydrogen (secondary N) is 1. The minimum Gasteiger partial charge on any atom is -0.389 e. The van der Waals surface area contributed by atoms with E-state index in [4.69, 9.17) is 34.5 Å². The van der Waals surface area contributed by atoms with Crippen molar-refractivity contribution in [3.05, 3.63) is 44.2 Å². The number of hydrogen-bond donors (Lipinski definition) is 2. The molecule has 1 aliphatic rings. The summed E-state index contributed by atoms with van der Waals surface area (Å²) in [4.78, 5) is 6.29. The number of fused-ring (bicyclic) bond motifs is 1. The second-order valence-electron chi connectivity index (χ2n) is 5.22. The van der Waals surface area contributed by atoms with Crippen LogP contribution in [0.4, 0.5) is 5.82 Å². The SMILES string of the molecule is CC(Nc1nc2c(cc1C(N)=S)CCC2)c1ccc(Cl)s1. The normalized spacial score (nSPS) is 14.8. The molecule has 2 aromatic rings.